The second-order valence-electron chi connectivity index (χ2n) is 7.19. The van der Waals surface area contributed by atoms with Crippen molar-refractivity contribution >= 4 is 27.5 Å². The molecule has 0 saturated carbocycles. The number of para-hydroxylation sites is 1. The van der Waals surface area contributed by atoms with Gasteiger partial charge in [0.2, 0.25) is 15.9 Å². The third kappa shape index (κ3) is 5.72. The van der Waals surface area contributed by atoms with Crippen LogP contribution in [0.3, 0.4) is 0 Å². The van der Waals surface area contributed by atoms with Crippen molar-refractivity contribution in [3.05, 3.63) is 59.6 Å². The van der Waals surface area contributed by atoms with E-state index in [0.29, 0.717) is 31.0 Å². The summed E-state index contributed by atoms with van der Waals surface area (Å²) in [5, 5.41) is 3.41. The molecule has 2 aromatic rings. The van der Waals surface area contributed by atoms with Gasteiger partial charge in [0.05, 0.1) is 16.9 Å². The molecule has 2 unspecified atom stereocenters. The van der Waals surface area contributed by atoms with Crippen molar-refractivity contribution in [2.45, 2.75) is 30.7 Å². The smallest absolute Gasteiger partial charge is 0.243 e. The minimum atomic E-state index is -3.65. The van der Waals surface area contributed by atoms with E-state index in [2.05, 4.69) is 5.32 Å². The summed E-state index contributed by atoms with van der Waals surface area (Å²) in [6.45, 7) is 2.78. The third-order valence-electron chi connectivity index (χ3n) is 4.84. The van der Waals surface area contributed by atoms with Crippen LogP contribution in [0.5, 0.6) is 5.75 Å². The monoisotopic (exact) mass is 436 g/mol. The van der Waals surface area contributed by atoms with Crippen LogP contribution in [-0.4, -0.2) is 44.4 Å². The van der Waals surface area contributed by atoms with Gasteiger partial charge < -0.3 is 10.1 Å². The van der Waals surface area contributed by atoms with Gasteiger partial charge in [-0.25, -0.2) is 8.42 Å². The molecule has 0 aromatic heterocycles. The first-order valence-electron chi connectivity index (χ1n) is 9.60. The lowest BCUT2D eigenvalue weighted by Crippen LogP contribution is -2.48. The molecule has 1 aliphatic heterocycles. The van der Waals surface area contributed by atoms with Crippen LogP contribution in [-0.2, 0) is 14.8 Å². The number of hydrogen-bond donors (Lipinski definition) is 1. The molecule has 1 saturated heterocycles. The standard InChI is InChI=1S/C21H25ClN2O4S/c1-16(15-28-19-7-3-2-4-8-19)23-21(25)17-6-5-13-24(14-17)29(26,27)20-11-9-18(22)10-12-20/h2-4,7-12,16-17H,5-6,13-15H2,1H3,(H,23,25). The van der Waals surface area contributed by atoms with Gasteiger partial charge in [0, 0.05) is 18.1 Å². The van der Waals surface area contributed by atoms with E-state index >= 15 is 0 Å². The van der Waals surface area contributed by atoms with Crippen molar-refractivity contribution in [2.75, 3.05) is 19.7 Å². The van der Waals surface area contributed by atoms with E-state index in [1.807, 2.05) is 37.3 Å². The molecule has 1 amide bonds. The van der Waals surface area contributed by atoms with Crippen molar-refractivity contribution in [3.8, 4) is 5.75 Å². The first-order chi connectivity index (χ1) is 13.9. The molecule has 1 heterocycles. The number of nitrogens with zero attached hydrogens (tertiary/aromatic N) is 1. The maximum Gasteiger partial charge on any atom is 0.243 e. The molecule has 2 atom stereocenters. The number of carbonyl (C=O) groups is 1. The summed E-state index contributed by atoms with van der Waals surface area (Å²) in [6.07, 6.45) is 1.30. The lowest BCUT2D eigenvalue weighted by atomic mass is 9.98. The van der Waals surface area contributed by atoms with Gasteiger partial charge in [0.15, 0.2) is 0 Å². The molecule has 29 heavy (non-hydrogen) atoms. The highest BCUT2D eigenvalue weighted by molar-refractivity contribution is 7.89. The minimum Gasteiger partial charge on any atom is -0.491 e. The number of benzene rings is 2. The Morgan fingerprint density at radius 2 is 1.90 bits per heavy atom. The number of piperidine rings is 1. The number of carbonyl (C=O) groups excluding carboxylic acids is 1. The summed E-state index contributed by atoms with van der Waals surface area (Å²) in [6, 6.07) is 15.3. The molecule has 8 heteroatoms. The molecule has 1 fully saturated rings. The molecule has 156 valence electrons. The molecule has 2 aromatic carbocycles. The van der Waals surface area contributed by atoms with Gasteiger partial charge in [-0.15, -0.1) is 0 Å². The van der Waals surface area contributed by atoms with Crippen molar-refractivity contribution in [2.24, 2.45) is 5.92 Å². The predicted molar refractivity (Wildman–Crippen MR) is 112 cm³/mol. The van der Waals surface area contributed by atoms with E-state index in [9.17, 15) is 13.2 Å². The van der Waals surface area contributed by atoms with Crippen molar-refractivity contribution in [1.29, 1.82) is 0 Å². The largest absolute Gasteiger partial charge is 0.491 e. The highest BCUT2D eigenvalue weighted by Crippen LogP contribution is 2.25. The topological polar surface area (TPSA) is 75.7 Å². The average Bonchev–Trinajstić information content (AvgIpc) is 2.73. The summed E-state index contributed by atoms with van der Waals surface area (Å²) < 4.78 is 32.8. The first kappa shape index (κ1) is 21.6. The Morgan fingerprint density at radius 3 is 2.59 bits per heavy atom. The highest BCUT2D eigenvalue weighted by Gasteiger charge is 2.33. The Bertz CT molecular complexity index is 919. The molecule has 1 aliphatic rings. The SMILES string of the molecule is CC(COc1ccccc1)NC(=O)C1CCCN(S(=O)(=O)c2ccc(Cl)cc2)C1. The second-order valence-corrected chi connectivity index (χ2v) is 9.56. The Hall–Kier alpha value is -2.09. The van der Waals surface area contributed by atoms with E-state index in [1.54, 1.807) is 12.1 Å². The van der Waals surface area contributed by atoms with Crippen LogP contribution < -0.4 is 10.1 Å². The zero-order chi connectivity index (χ0) is 20.9. The van der Waals surface area contributed by atoms with E-state index < -0.39 is 10.0 Å². The summed E-state index contributed by atoms with van der Waals surface area (Å²) in [4.78, 5) is 12.9. The van der Waals surface area contributed by atoms with Crippen molar-refractivity contribution in [1.82, 2.24) is 9.62 Å². The van der Waals surface area contributed by atoms with Crippen molar-refractivity contribution < 1.29 is 17.9 Å². The van der Waals surface area contributed by atoms with Crippen LogP contribution >= 0.6 is 11.6 Å². The molecule has 0 radical (unpaired) electrons. The van der Waals surface area contributed by atoms with Gasteiger partial charge in [0.25, 0.3) is 0 Å². The van der Waals surface area contributed by atoms with Gasteiger partial charge in [-0.05, 0) is 56.2 Å². The Morgan fingerprint density at radius 1 is 1.21 bits per heavy atom. The summed E-state index contributed by atoms with van der Waals surface area (Å²) in [5.74, 6) is 0.210. The van der Waals surface area contributed by atoms with E-state index in [4.69, 9.17) is 16.3 Å². The Balaban J connectivity index is 1.56. The fourth-order valence-electron chi connectivity index (χ4n) is 3.27. The molecule has 0 bridgehead atoms. The van der Waals surface area contributed by atoms with Gasteiger partial charge >= 0.3 is 0 Å². The number of sulfonamides is 1. The van der Waals surface area contributed by atoms with Gasteiger partial charge in [-0.1, -0.05) is 29.8 Å². The maximum absolute atomic E-state index is 12.9. The average molecular weight is 437 g/mol. The highest BCUT2D eigenvalue weighted by atomic mass is 35.5. The minimum absolute atomic E-state index is 0.148. The van der Waals surface area contributed by atoms with Crippen LogP contribution in [0, 0.1) is 5.92 Å². The lowest BCUT2D eigenvalue weighted by molar-refractivity contribution is -0.126. The first-order valence-corrected chi connectivity index (χ1v) is 11.4. The van der Waals surface area contributed by atoms with Crippen LogP contribution in [0.2, 0.25) is 5.02 Å². The molecule has 3 rings (SSSR count). The van der Waals surface area contributed by atoms with Gasteiger partial charge in [-0.2, -0.15) is 4.31 Å². The molecule has 0 spiro atoms. The number of amides is 1. The third-order valence-corrected chi connectivity index (χ3v) is 6.97. The predicted octanol–water partition coefficient (Wildman–Crippen LogP) is 3.32. The Labute approximate surface area is 176 Å². The Kier molecular flexibility index (Phi) is 7.16. The molecular weight excluding hydrogens is 412 g/mol. The molecule has 1 N–H and O–H groups in total. The molecule has 0 aliphatic carbocycles. The fraction of sp³-hybridized carbons (Fsp3) is 0.381. The quantitative estimate of drug-likeness (QED) is 0.722. The zero-order valence-corrected chi connectivity index (χ0v) is 17.8. The molecule has 6 nitrogen and oxygen atoms in total. The second kappa shape index (κ2) is 9.61. The van der Waals surface area contributed by atoms with E-state index in [1.165, 1.54) is 16.4 Å². The van der Waals surface area contributed by atoms with E-state index in [0.717, 1.165) is 5.75 Å². The normalized spacial score (nSPS) is 18.8. The van der Waals surface area contributed by atoms with Gasteiger partial charge in [-0.3, -0.25) is 4.79 Å². The van der Waals surface area contributed by atoms with Crippen LogP contribution in [0.1, 0.15) is 19.8 Å². The number of ether oxygens (including phenoxy) is 1. The maximum atomic E-state index is 12.9. The number of nitrogens with one attached hydrogen (secondary N) is 1. The van der Waals surface area contributed by atoms with Crippen LogP contribution in [0.15, 0.2) is 59.5 Å². The summed E-state index contributed by atoms with van der Waals surface area (Å²) in [7, 11) is -3.65. The van der Waals surface area contributed by atoms with Crippen LogP contribution in [0.25, 0.3) is 0 Å². The summed E-state index contributed by atoms with van der Waals surface area (Å²) in [5.41, 5.74) is 0. The zero-order valence-electron chi connectivity index (χ0n) is 16.3. The van der Waals surface area contributed by atoms with E-state index in [-0.39, 0.29) is 29.3 Å². The summed E-state index contributed by atoms with van der Waals surface area (Å²) >= 11 is 5.85. The fourth-order valence-corrected chi connectivity index (χ4v) is 4.92. The van der Waals surface area contributed by atoms with Crippen molar-refractivity contribution in [3.63, 3.8) is 0 Å². The van der Waals surface area contributed by atoms with Gasteiger partial charge in [0.1, 0.15) is 12.4 Å². The van der Waals surface area contributed by atoms with Crippen LogP contribution in [0.4, 0.5) is 0 Å². The molecular formula is C21H25ClN2O4S. The number of halogens is 1. The number of rotatable bonds is 7. The lowest BCUT2D eigenvalue weighted by Gasteiger charge is -2.31. The number of hydrogen-bond acceptors (Lipinski definition) is 4.